The summed E-state index contributed by atoms with van der Waals surface area (Å²) in [5.74, 6) is 0.0516. The van der Waals surface area contributed by atoms with Crippen molar-refractivity contribution in [2.24, 2.45) is 0 Å². The predicted molar refractivity (Wildman–Crippen MR) is 142 cm³/mol. The highest BCUT2D eigenvalue weighted by Crippen LogP contribution is 2.32. The topological polar surface area (TPSA) is 98.1 Å². The van der Waals surface area contributed by atoms with E-state index in [0.717, 1.165) is 31.3 Å². The smallest absolute Gasteiger partial charge is 0.410 e. The summed E-state index contributed by atoms with van der Waals surface area (Å²) in [6, 6.07) is 7.95. The summed E-state index contributed by atoms with van der Waals surface area (Å²) < 4.78 is 39.9. The van der Waals surface area contributed by atoms with Crippen molar-refractivity contribution < 1.29 is 27.5 Å². The summed E-state index contributed by atoms with van der Waals surface area (Å²) in [7, 11) is 0.872. The van der Waals surface area contributed by atoms with E-state index in [2.05, 4.69) is 6.08 Å². The van der Waals surface area contributed by atoms with Gasteiger partial charge >= 0.3 is 6.09 Å². The zero-order valence-corrected chi connectivity index (χ0v) is 23.3. The molecule has 37 heavy (non-hydrogen) atoms. The van der Waals surface area contributed by atoms with Crippen LogP contribution in [0.2, 0.25) is 0 Å². The monoisotopic (exact) mass is 531 g/mol. The minimum absolute atomic E-state index is 0.0441. The lowest BCUT2D eigenvalue weighted by atomic mass is 9.97. The predicted octanol–water partition coefficient (Wildman–Crippen LogP) is 4.52. The molecule has 0 saturated heterocycles. The Hall–Kier alpha value is -3.27. The van der Waals surface area contributed by atoms with Gasteiger partial charge in [0, 0.05) is 33.4 Å². The average molecular weight is 532 g/mol. The van der Waals surface area contributed by atoms with E-state index in [4.69, 9.17) is 9.47 Å². The lowest BCUT2D eigenvalue weighted by Crippen LogP contribution is -2.33. The quantitative estimate of drug-likeness (QED) is 0.497. The maximum atomic E-state index is 13.8. The molecule has 0 aliphatic heterocycles. The van der Waals surface area contributed by atoms with Crippen LogP contribution in [-0.2, 0) is 26.1 Å². The summed E-state index contributed by atoms with van der Waals surface area (Å²) in [4.78, 5) is 27.3. The van der Waals surface area contributed by atoms with Crippen LogP contribution in [0.15, 0.2) is 47.5 Å². The molecule has 2 aromatic rings. The van der Waals surface area contributed by atoms with Crippen molar-refractivity contribution >= 4 is 27.6 Å². The Morgan fingerprint density at radius 3 is 2.43 bits per heavy atom. The molecule has 0 unspecified atom stereocenters. The van der Waals surface area contributed by atoms with Gasteiger partial charge in [0.2, 0.25) is 0 Å². The second-order valence-corrected chi connectivity index (χ2v) is 12.2. The Labute approximate surface area is 219 Å². The Balaban J connectivity index is 1.95. The molecule has 0 atom stereocenters. The summed E-state index contributed by atoms with van der Waals surface area (Å²) in [6.07, 6.45) is 6.86. The van der Waals surface area contributed by atoms with Gasteiger partial charge in [-0.05, 0) is 75.8 Å². The summed E-state index contributed by atoms with van der Waals surface area (Å²) in [5, 5.41) is 0. The van der Waals surface area contributed by atoms with E-state index in [1.807, 2.05) is 6.07 Å². The van der Waals surface area contributed by atoms with E-state index in [-0.39, 0.29) is 29.7 Å². The molecule has 1 aliphatic rings. The molecule has 0 N–H and O–H groups in total. The molecule has 1 aromatic heterocycles. The van der Waals surface area contributed by atoms with E-state index in [1.165, 1.54) is 25.9 Å². The van der Waals surface area contributed by atoms with Gasteiger partial charge in [0.05, 0.1) is 17.1 Å². The molecular weight excluding hydrogens is 494 g/mol. The number of aromatic nitrogens is 1. The summed E-state index contributed by atoms with van der Waals surface area (Å²) in [6.45, 7) is 5.38. The van der Waals surface area contributed by atoms with Crippen LogP contribution >= 0.6 is 0 Å². The zero-order valence-electron chi connectivity index (χ0n) is 22.5. The molecule has 10 heteroatoms. The third-order valence-corrected chi connectivity index (χ3v) is 7.48. The number of likely N-dealkylation sites (N-methyl/N-ethyl adjacent to an activating group) is 1. The van der Waals surface area contributed by atoms with E-state index < -0.39 is 21.7 Å². The van der Waals surface area contributed by atoms with Crippen LogP contribution in [0.3, 0.4) is 0 Å². The molecule has 1 aromatic carbocycles. The molecule has 0 saturated carbocycles. The molecule has 0 spiro atoms. The maximum Gasteiger partial charge on any atom is 0.410 e. The van der Waals surface area contributed by atoms with Gasteiger partial charge in [-0.1, -0.05) is 12.1 Å². The van der Waals surface area contributed by atoms with Gasteiger partial charge in [0.15, 0.2) is 6.61 Å². The van der Waals surface area contributed by atoms with Crippen LogP contribution in [0.5, 0.6) is 5.75 Å². The first kappa shape index (κ1) is 28.3. The first-order valence-electron chi connectivity index (χ1n) is 12.3. The van der Waals surface area contributed by atoms with Crippen LogP contribution < -0.4 is 4.74 Å². The Kier molecular flexibility index (Phi) is 8.73. The van der Waals surface area contributed by atoms with Crippen LogP contribution in [0, 0.1) is 0 Å². The largest absolute Gasteiger partial charge is 0.484 e. The van der Waals surface area contributed by atoms with Crippen LogP contribution in [0.4, 0.5) is 4.79 Å². The molecule has 2 amide bonds. The highest BCUT2D eigenvalue weighted by Gasteiger charge is 2.26. The standard InChI is InChI=1S/C27H37N3O6S/c1-27(2,3)36-26(32)29(6)17-20-15-24(21-11-8-7-9-12-21)30(18-20)37(33,34)23-14-10-13-22(16-23)35-19-25(31)28(4)5/h10-11,13-16,18H,7-9,12,17,19H2,1-6H3. The van der Waals surface area contributed by atoms with Gasteiger partial charge in [-0.15, -0.1) is 0 Å². The fourth-order valence-electron chi connectivity index (χ4n) is 3.88. The molecule has 1 aliphatic carbocycles. The number of hydrogen-bond acceptors (Lipinski definition) is 6. The van der Waals surface area contributed by atoms with Crippen molar-refractivity contribution in [1.29, 1.82) is 0 Å². The number of nitrogens with zero attached hydrogens (tertiary/aromatic N) is 3. The molecule has 0 radical (unpaired) electrons. The molecule has 1 heterocycles. The Morgan fingerprint density at radius 1 is 1.08 bits per heavy atom. The first-order chi connectivity index (χ1) is 17.3. The first-order valence-corrected chi connectivity index (χ1v) is 13.8. The van der Waals surface area contributed by atoms with E-state index in [9.17, 15) is 18.0 Å². The minimum atomic E-state index is -3.99. The second kappa shape index (κ2) is 11.4. The summed E-state index contributed by atoms with van der Waals surface area (Å²) >= 11 is 0. The summed E-state index contributed by atoms with van der Waals surface area (Å²) in [5.41, 5.74) is 1.58. The number of carbonyl (C=O) groups is 2. The van der Waals surface area contributed by atoms with Gasteiger partial charge in [0.25, 0.3) is 15.9 Å². The number of hydrogen-bond donors (Lipinski definition) is 0. The van der Waals surface area contributed by atoms with Gasteiger partial charge in [-0.25, -0.2) is 17.2 Å². The van der Waals surface area contributed by atoms with Crippen molar-refractivity contribution in [3.8, 4) is 5.75 Å². The fourth-order valence-corrected chi connectivity index (χ4v) is 5.32. The van der Waals surface area contributed by atoms with E-state index >= 15 is 0 Å². The highest BCUT2D eigenvalue weighted by atomic mass is 32.2. The fraction of sp³-hybridized carbons (Fsp3) is 0.481. The van der Waals surface area contributed by atoms with E-state index in [0.29, 0.717) is 11.3 Å². The van der Waals surface area contributed by atoms with Crippen molar-refractivity contribution in [3.05, 3.63) is 53.9 Å². The van der Waals surface area contributed by atoms with Gasteiger partial charge in [-0.2, -0.15) is 0 Å². The number of benzene rings is 1. The third-order valence-electron chi connectivity index (χ3n) is 5.81. The molecule has 9 nitrogen and oxygen atoms in total. The van der Waals surface area contributed by atoms with E-state index in [1.54, 1.807) is 60.2 Å². The molecule has 0 fully saturated rings. The van der Waals surface area contributed by atoms with Crippen LogP contribution in [-0.4, -0.2) is 67.5 Å². The molecule has 202 valence electrons. The van der Waals surface area contributed by atoms with Gasteiger partial charge in [-0.3, -0.25) is 4.79 Å². The van der Waals surface area contributed by atoms with Crippen molar-refractivity contribution in [2.45, 2.75) is 63.5 Å². The van der Waals surface area contributed by atoms with Crippen LogP contribution in [0.1, 0.15) is 57.7 Å². The SMILES string of the molecule is CN(C)C(=O)COc1cccc(S(=O)(=O)n2cc(CN(C)C(=O)OC(C)(C)C)cc2C2=CCCCC2)c1. The van der Waals surface area contributed by atoms with Gasteiger partial charge < -0.3 is 19.3 Å². The average Bonchev–Trinajstić information content (AvgIpc) is 3.26. The minimum Gasteiger partial charge on any atom is -0.484 e. The number of amides is 2. The second-order valence-electron chi connectivity index (χ2n) is 10.4. The molecule has 3 rings (SSSR count). The lowest BCUT2D eigenvalue weighted by Gasteiger charge is -2.24. The van der Waals surface area contributed by atoms with Crippen molar-refractivity contribution in [2.75, 3.05) is 27.7 Å². The normalized spacial score (nSPS) is 14.1. The van der Waals surface area contributed by atoms with Crippen molar-refractivity contribution in [3.63, 3.8) is 0 Å². The maximum absolute atomic E-state index is 13.8. The third kappa shape index (κ3) is 7.38. The Morgan fingerprint density at radius 2 is 1.81 bits per heavy atom. The molecule has 0 bridgehead atoms. The molecular formula is C27H37N3O6S. The van der Waals surface area contributed by atoms with Crippen LogP contribution in [0.25, 0.3) is 5.57 Å². The van der Waals surface area contributed by atoms with Crippen molar-refractivity contribution in [1.82, 2.24) is 13.8 Å². The zero-order chi connectivity index (χ0) is 27.4. The number of allylic oxidation sites excluding steroid dienone is 2. The Bertz CT molecular complexity index is 1270. The lowest BCUT2D eigenvalue weighted by molar-refractivity contribution is -0.130. The van der Waals surface area contributed by atoms with Gasteiger partial charge in [0.1, 0.15) is 11.4 Å². The number of rotatable bonds is 8. The highest BCUT2D eigenvalue weighted by molar-refractivity contribution is 7.90. The number of carbonyl (C=O) groups excluding carboxylic acids is 2. The number of ether oxygens (including phenoxy) is 2.